The summed E-state index contributed by atoms with van der Waals surface area (Å²) in [5.41, 5.74) is 5.65. The van der Waals surface area contributed by atoms with Crippen LogP contribution in [0.3, 0.4) is 0 Å². The Morgan fingerprint density at radius 2 is 2.09 bits per heavy atom. The Kier molecular flexibility index (Phi) is 3.15. The van der Waals surface area contributed by atoms with Crippen molar-refractivity contribution in [2.24, 2.45) is 5.16 Å². The summed E-state index contributed by atoms with van der Waals surface area (Å²) in [6, 6.07) is 13.9. The maximum Gasteiger partial charge on any atom is 0.133 e. The van der Waals surface area contributed by atoms with Gasteiger partial charge in [0.1, 0.15) is 11.5 Å². The lowest BCUT2D eigenvalue weighted by molar-refractivity contribution is 0.319. The van der Waals surface area contributed by atoms with Crippen LogP contribution in [0.15, 0.2) is 53.7 Å². The molecule has 1 aliphatic rings. The third-order valence-corrected chi connectivity index (χ3v) is 4.24. The fourth-order valence-corrected chi connectivity index (χ4v) is 3.03. The number of nitrogens with zero attached hydrogens (tertiary/aromatic N) is 1. The molecule has 1 aromatic heterocycles. The zero-order valence-corrected chi connectivity index (χ0v) is 12.7. The average Bonchev–Trinajstić information content (AvgIpc) is 3.20. The normalized spacial score (nSPS) is 13.5. The van der Waals surface area contributed by atoms with Crippen LogP contribution in [0.4, 0.5) is 0 Å². The summed E-state index contributed by atoms with van der Waals surface area (Å²) in [7, 11) is 1.65. The van der Waals surface area contributed by atoms with Crippen LogP contribution < -0.4 is 4.74 Å². The highest BCUT2D eigenvalue weighted by atomic mass is 16.5. The number of aromatic nitrogens is 1. The number of oxime groups is 1. The molecule has 0 aliphatic heterocycles. The molecule has 0 fully saturated rings. The number of allylic oxidation sites excluding steroid dienone is 1. The molecule has 4 heteroatoms. The van der Waals surface area contributed by atoms with Crippen molar-refractivity contribution in [3.8, 4) is 5.75 Å². The largest absolute Gasteiger partial charge is 0.497 e. The molecule has 0 radical (unpaired) electrons. The van der Waals surface area contributed by atoms with E-state index in [9.17, 15) is 5.21 Å². The van der Waals surface area contributed by atoms with E-state index in [1.54, 1.807) is 7.11 Å². The predicted molar refractivity (Wildman–Crippen MR) is 91.5 cm³/mol. The second-order valence-corrected chi connectivity index (χ2v) is 5.60. The number of hydrogen-bond acceptors (Lipinski definition) is 3. The van der Waals surface area contributed by atoms with E-state index in [0.717, 1.165) is 34.3 Å². The Labute approximate surface area is 133 Å². The molecule has 0 atom stereocenters. The van der Waals surface area contributed by atoms with Crippen LogP contribution in [0, 0.1) is 0 Å². The molecule has 1 heterocycles. The molecule has 0 bridgehead atoms. The van der Waals surface area contributed by atoms with Crippen molar-refractivity contribution in [2.75, 3.05) is 7.11 Å². The van der Waals surface area contributed by atoms with Crippen LogP contribution in [0.25, 0.3) is 17.0 Å². The first kappa shape index (κ1) is 13.6. The molecule has 4 nitrogen and oxygen atoms in total. The standard InChI is InChI=1S/C19H16N2O2/c1-23-16-7-8-17-15(10-16)11-18(20-17)19(21-22)14-6-5-12-3-2-4-13(12)9-14/h2,4-11,20,22H,3H2,1H3. The molecule has 0 spiro atoms. The summed E-state index contributed by atoms with van der Waals surface area (Å²) in [6.07, 6.45) is 5.21. The van der Waals surface area contributed by atoms with E-state index < -0.39 is 0 Å². The van der Waals surface area contributed by atoms with Crippen molar-refractivity contribution in [3.63, 3.8) is 0 Å². The Hall–Kier alpha value is -3.01. The minimum atomic E-state index is 0.531. The fourth-order valence-electron chi connectivity index (χ4n) is 3.03. The summed E-state index contributed by atoms with van der Waals surface area (Å²) >= 11 is 0. The van der Waals surface area contributed by atoms with Gasteiger partial charge in [0.15, 0.2) is 0 Å². The highest BCUT2D eigenvalue weighted by molar-refractivity contribution is 6.13. The van der Waals surface area contributed by atoms with Crippen molar-refractivity contribution in [3.05, 3.63) is 70.9 Å². The number of hydrogen-bond donors (Lipinski definition) is 2. The van der Waals surface area contributed by atoms with Crippen molar-refractivity contribution < 1.29 is 9.94 Å². The van der Waals surface area contributed by atoms with Gasteiger partial charge in [-0.1, -0.05) is 29.4 Å². The second kappa shape index (κ2) is 5.32. The van der Waals surface area contributed by atoms with Crippen molar-refractivity contribution in [2.45, 2.75) is 6.42 Å². The van der Waals surface area contributed by atoms with E-state index in [1.807, 2.05) is 30.3 Å². The molecule has 1 aliphatic carbocycles. The number of nitrogens with one attached hydrogen (secondary N) is 1. The Morgan fingerprint density at radius 3 is 2.91 bits per heavy atom. The molecule has 4 rings (SSSR count). The first-order valence-corrected chi connectivity index (χ1v) is 7.47. The third-order valence-electron chi connectivity index (χ3n) is 4.24. The van der Waals surface area contributed by atoms with Gasteiger partial charge in [-0.05, 0) is 47.9 Å². The monoisotopic (exact) mass is 304 g/mol. The van der Waals surface area contributed by atoms with Crippen molar-refractivity contribution in [1.82, 2.24) is 4.98 Å². The molecule has 0 saturated carbocycles. The highest BCUT2D eigenvalue weighted by Crippen LogP contribution is 2.25. The summed E-state index contributed by atoms with van der Waals surface area (Å²) in [6.45, 7) is 0. The van der Waals surface area contributed by atoms with Gasteiger partial charge in [0, 0.05) is 16.5 Å². The maximum atomic E-state index is 9.53. The minimum Gasteiger partial charge on any atom is -0.497 e. The quantitative estimate of drug-likeness (QED) is 0.437. The topological polar surface area (TPSA) is 57.6 Å². The van der Waals surface area contributed by atoms with E-state index in [1.165, 1.54) is 11.1 Å². The second-order valence-electron chi connectivity index (χ2n) is 5.60. The maximum absolute atomic E-state index is 9.53. The van der Waals surface area contributed by atoms with Gasteiger partial charge in [-0.3, -0.25) is 0 Å². The lowest BCUT2D eigenvalue weighted by Crippen LogP contribution is -2.04. The van der Waals surface area contributed by atoms with E-state index >= 15 is 0 Å². The smallest absolute Gasteiger partial charge is 0.133 e. The van der Waals surface area contributed by atoms with Crippen molar-refractivity contribution in [1.29, 1.82) is 0 Å². The molecule has 23 heavy (non-hydrogen) atoms. The van der Waals surface area contributed by atoms with Gasteiger partial charge in [0.2, 0.25) is 0 Å². The molecule has 3 aromatic rings. The number of aromatic amines is 1. The summed E-state index contributed by atoms with van der Waals surface area (Å²) in [5, 5.41) is 14.1. The van der Waals surface area contributed by atoms with Crippen LogP contribution in [-0.4, -0.2) is 23.0 Å². The van der Waals surface area contributed by atoms with E-state index in [-0.39, 0.29) is 0 Å². The van der Waals surface area contributed by atoms with E-state index in [2.05, 4.69) is 34.4 Å². The highest BCUT2D eigenvalue weighted by Gasteiger charge is 2.14. The number of ether oxygens (including phenoxy) is 1. The molecule has 2 N–H and O–H groups in total. The number of methoxy groups -OCH3 is 1. The number of H-pyrrole nitrogens is 1. The average molecular weight is 304 g/mol. The Bertz CT molecular complexity index is 951. The molecule has 0 amide bonds. The molecular formula is C19H16N2O2. The first-order chi connectivity index (χ1) is 11.3. The number of rotatable bonds is 3. The molecule has 0 unspecified atom stereocenters. The van der Waals surface area contributed by atoms with Gasteiger partial charge in [-0.25, -0.2) is 0 Å². The number of fused-ring (bicyclic) bond motifs is 2. The minimum absolute atomic E-state index is 0.531. The predicted octanol–water partition coefficient (Wildman–Crippen LogP) is 3.97. The fraction of sp³-hybridized carbons (Fsp3) is 0.105. The zero-order chi connectivity index (χ0) is 15.8. The molecular weight excluding hydrogens is 288 g/mol. The SMILES string of the molecule is COc1ccc2[nH]c(C(=NO)c3ccc4c(c3)C=CC4)cc2c1. The van der Waals surface area contributed by atoms with Crippen LogP contribution in [0.5, 0.6) is 5.75 Å². The summed E-state index contributed by atoms with van der Waals surface area (Å²) in [5.74, 6) is 0.799. The van der Waals surface area contributed by atoms with Gasteiger partial charge in [-0.15, -0.1) is 0 Å². The van der Waals surface area contributed by atoms with Gasteiger partial charge in [-0.2, -0.15) is 0 Å². The van der Waals surface area contributed by atoms with Crippen LogP contribution >= 0.6 is 0 Å². The lowest BCUT2D eigenvalue weighted by atomic mass is 10.0. The first-order valence-electron chi connectivity index (χ1n) is 7.47. The lowest BCUT2D eigenvalue weighted by Gasteiger charge is -2.05. The van der Waals surface area contributed by atoms with Gasteiger partial charge < -0.3 is 14.9 Å². The van der Waals surface area contributed by atoms with Gasteiger partial charge >= 0.3 is 0 Å². The zero-order valence-electron chi connectivity index (χ0n) is 12.7. The Morgan fingerprint density at radius 1 is 1.17 bits per heavy atom. The molecule has 0 saturated heterocycles. The van der Waals surface area contributed by atoms with Crippen LogP contribution in [0.1, 0.15) is 22.4 Å². The van der Waals surface area contributed by atoms with Crippen LogP contribution in [-0.2, 0) is 6.42 Å². The van der Waals surface area contributed by atoms with E-state index in [4.69, 9.17) is 4.74 Å². The van der Waals surface area contributed by atoms with Gasteiger partial charge in [0.25, 0.3) is 0 Å². The van der Waals surface area contributed by atoms with Crippen molar-refractivity contribution >= 4 is 22.7 Å². The Balaban J connectivity index is 1.79. The van der Waals surface area contributed by atoms with Crippen LogP contribution in [0.2, 0.25) is 0 Å². The molecule has 2 aromatic carbocycles. The molecule has 114 valence electrons. The number of benzene rings is 2. The third kappa shape index (κ3) is 2.28. The summed E-state index contributed by atoms with van der Waals surface area (Å²) in [4.78, 5) is 3.30. The van der Waals surface area contributed by atoms with E-state index in [0.29, 0.717) is 5.71 Å². The van der Waals surface area contributed by atoms with Gasteiger partial charge in [0.05, 0.1) is 12.8 Å². The summed E-state index contributed by atoms with van der Waals surface area (Å²) < 4.78 is 5.25.